The maximum absolute atomic E-state index is 3.44. The smallest absolute Gasteiger partial charge is 0.0210 e. The van der Waals surface area contributed by atoms with Crippen LogP contribution in [0.2, 0.25) is 0 Å². The predicted octanol–water partition coefficient (Wildman–Crippen LogP) is 2.48. The molecule has 2 aliphatic rings. The van der Waals surface area contributed by atoms with E-state index >= 15 is 0 Å². The average Bonchev–Trinajstić information content (AvgIpc) is 2.81. The minimum absolute atomic E-state index is 0.643. The summed E-state index contributed by atoms with van der Waals surface area (Å²) in [5.74, 6) is 0. The van der Waals surface area contributed by atoms with Gasteiger partial charge in [-0.2, -0.15) is 0 Å². The summed E-state index contributed by atoms with van der Waals surface area (Å²) < 4.78 is 0. The second kappa shape index (κ2) is 6.18. The molecule has 1 saturated heterocycles. The van der Waals surface area contributed by atoms with Crippen molar-refractivity contribution in [2.45, 2.75) is 51.7 Å². The van der Waals surface area contributed by atoms with Crippen LogP contribution >= 0.6 is 0 Å². The Kier molecular flexibility index (Phi) is 4.57. The van der Waals surface area contributed by atoms with Crippen LogP contribution in [0.25, 0.3) is 0 Å². The molecule has 0 bridgehead atoms. The monoisotopic (exact) mass is 232 g/mol. The number of rotatable bonds is 0. The summed E-state index contributed by atoms with van der Waals surface area (Å²) in [4.78, 5) is 0. The normalized spacial score (nSPS) is 26.9. The summed E-state index contributed by atoms with van der Waals surface area (Å²) in [6.45, 7) is 6.74. The first kappa shape index (κ1) is 12.6. The van der Waals surface area contributed by atoms with E-state index in [1.54, 1.807) is 0 Å². The van der Waals surface area contributed by atoms with E-state index in [9.17, 15) is 0 Å². The average molecular weight is 232 g/mol. The summed E-state index contributed by atoms with van der Waals surface area (Å²) >= 11 is 0. The second-order valence-electron chi connectivity index (χ2n) is 5.25. The standard InChI is InChI=1S/C10H13N.C5H11N/c1-8-6-9-4-2-3-5-10(9)7-11-8;1-5-3-2-4-6-5/h2-5,8,11H,6-7H2,1H3;5-6H,2-4H2,1H3. The van der Waals surface area contributed by atoms with E-state index < -0.39 is 0 Å². The molecule has 0 spiro atoms. The van der Waals surface area contributed by atoms with Crippen LogP contribution in [0.3, 0.4) is 0 Å². The SMILES string of the molecule is CC1CCCN1.CC1Cc2ccccc2CN1. The molecule has 3 rings (SSSR count). The third-order valence-corrected chi connectivity index (χ3v) is 3.59. The molecule has 2 aliphatic heterocycles. The highest BCUT2D eigenvalue weighted by Gasteiger charge is 2.12. The van der Waals surface area contributed by atoms with Crippen LogP contribution in [0.1, 0.15) is 37.8 Å². The van der Waals surface area contributed by atoms with E-state index in [4.69, 9.17) is 0 Å². The van der Waals surface area contributed by atoms with Gasteiger partial charge in [0.15, 0.2) is 0 Å². The largest absolute Gasteiger partial charge is 0.314 e. The Labute approximate surface area is 105 Å². The van der Waals surface area contributed by atoms with Crippen molar-refractivity contribution < 1.29 is 0 Å². The van der Waals surface area contributed by atoms with Gasteiger partial charge in [-0.25, -0.2) is 0 Å². The van der Waals surface area contributed by atoms with Gasteiger partial charge >= 0.3 is 0 Å². The molecule has 2 heteroatoms. The van der Waals surface area contributed by atoms with Crippen LogP contribution < -0.4 is 10.6 Å². The van der Waals surface area contributed by atoms with E-state index in [1.165, 1.54) is 36.9 Å². The van der Waals surface area contributed by atoms with Gasteiger partial charge in [0.05, 0.1) is 0 Å². The number of nitrogens with one attached hydrogen (secondary N) is 2. The quantitative estimate of drug-likeness (QED) is 0.718. The van der Waals surface area contributed by atoms with E-state index in [2.05, 4.69) is 48.7 Å². The van der Waals surface area contributed by atoms with Crippen LogP contribution in [-0.4, -0.2) is 18.6 Å². The Morgan fingerprint density at radius 3 is 2.35 bits per heavy atom. The fourth-order valence-corrected chi connectivity index (χ4v) is 2.47. The lowest BCUT2D eigenvalue weighted by molar-refractivity contribution is 0.513. The van der Waals surface area contributed by atoms with Crippen LogP contribution in [-0.2, 0) is 13.0 Å². The van der Waals surface area contributed by atoms with Gasteiger partial charge in [0, 0.05) is 18.6 Å². The minimum atomic E-state index is 0.643. The first-order valence-corrected chi connectivity index (χ1v) is 6.79. The Balaban J connectivity index is 0.000000153. The van der Waals surface area contributed by atoms with Gasteiger partial charge in [0.2, 0.25) is 0 Å². The molecule has 0 saturated carbocycles. The summed E-state index contributed by atoms with van der Waals surface area (Å²) in [6.07, 6.45) is 3.93. The lowest BCUT2D eigenvalue weighted by atomic mass is 9.97. The molecule has 0 radical (unpaired) electrons. The summed E-state index contributed by atoms with van der Waals surface area (Å²) in [7, 11) is 0. The maximum atomic E-state index is 3.44. The Morgan fingerprint density at radius 2 is 1.76 bits per heavy atom. The molecule has 17 heavy (non-hydrogen) atoms. The van der Waals surface area contributed by atoms with Crippen molar-refractivity contribution in [3.63, 3.8) is 0 Å². The van der Waals surface area contributed by atoms with Crippen molar-refractivity contribution in [2.75, 3.05) is 6.54 Å². The highest BCUT2D eigenvalue weighted by Crippen LogP contribution is 2.15. The van der Waals surface area contributed by atoms with Gasteiger partial charge in [0.25, 0.3) is 0 Å². The minimum Gasteiger partial charge on any atom is -0.314 e. The van der Waals surface area contributed by atoms with Gasteiger partial charge < -0.3 is 10.6 Å². The van der Waals surface area contributed by atoms with Crippen molar-refractivity contribution in [3.05, 3.63) is 35.4 Å². The van der Waals surface area contributed by atoms with Crippen LogP contribution in [0.4, 0.5) is 0 Å². The van der Waals surface area contributed by atoms with E-state index in [1.807, 2.05) is 0 Å². The number of hydrogen-bond acceptors (Lipinski definition) is 2. The predicted molar refractivity (Wildman–Crippen MR) is 73.1 cm³/mol. The lowest BCUT2D eigenvalue weighted by Crippen LogP contribution is -2.32. The molecule has 0 aliphatic carbocycles. The van der Waals surface area contributed by atoms with Gasteiger partial charge in [0.1, 0.15) is 0 Å². The van der Waals surface area contributed by atoms with Crippen molar-refractivity contribution in [1.29, 1.82) is 0 Å². The summed E-state index contributed by atoms with van der Waals surface area (Å²) in [5, 5.41) is 6.76. The van der Waals surface area contributed by atoms with E-state index in [-0.39, 0.29) is 0 Å². The van der Waals surface area contributed by atoms with Crippen LogP contribution in [0, 0.1) is 0 Å². The second-order valence-corrected chi connectivity index (χ2v) is 5.25. The molecule has 1 aromatic rings. The lowest BCUT2D eigenvalue weighted by Gasteiger charge is -2.22. The molecule has 2 nitrogen and oxygen atoms in total. The zero-order chi connectivity index (χ0) is 12.1. The van der Waals surface area contributed by atoms with E-state index in [0.29, 0.717) is 6.04 Å². The molecule has 94 valence electrons. The summed E-state index contributed by atoms with van der Waals surface area (Å²) in [6, 6.07) is 10.1. The van der Waals surface area contributed by atoms with Gasteiger partial charge in [-0.05, 0) is 50.8 Å². The molecular formula is C15H24N2. The third kappa shape index (κ3) is 3.83. The number of fused-ring (bicyclic) bond motifs is 1. The number of hydrogen-bond donors (Lipinski definition) is 2. The maximum Gasteiger partial charge on any atom is 0.0210 e. The molecule has 2 heterocycles. The zero-order valence-electron chi connectivity index (χ0n) is 11.0. The zero-order valence-corrected chi connectivity index (χ0v) is 11.0. The van der Waals surface area contributed by atoms with Gasteiger partial charge in [-0.3, -0.25) is 0 Å². The Bertz CT molecular complexity index is 343. The van der Waals surface area contributed by atoms with E-state index in [0.717, 1.165) is 12.6 Å². The molecule has 2 N–H and O–H groups in total. The molecule has 2 atom stereocenters. The summed E-state index contributed by atoms with van der Waals surface area (Å²) in [5.41, 5.74) is 2.98. The van der Waals surface area contributed by atoms with Crippen molar-refractivity contribution in [3.8, 4) is 0 Å². The van der Waals surface area contributed by atoms with Crippen molar-refractivity contribution in [1.82, 2.24) is 10.6 Å². The fraction of sp³-hybridized carbons (Fsp3) is 0.600. The van der Waals surface area contributed by atoms with Crippen LogP contribution in [0.15, 0.2) is 24.3 Å². The molecule has 0 aromatic heterocycles. The highest BCUT2D eigenvalue weighted by atomic mass is 14.9. The van der Waals surface area contributed by atoms with Crippen LogP contribution in [0.5, 0.6) is 0 Å². The highest BCUT2D eigenvalue weighted by molar-refractivity contribution is 5.29. The van der Waals surface area contributed by atoms with Gasteiger partial charge in [-0.1, -0.05) is 24.3 Å². The third-order valence-electron chi connectivity index (χ3n) is 3.59. The van der Waals surface area contributed by atoms with Gasteiger partial charge in [-0.15, -0.1) is 0 Å². The molecule has 1 fully saturated rings. The first-order valence-electron chi connectivity index (χ1n) is 6.79. The fourth-order valence-electron chi connectivity index (χ4n) is 2.47. The Hall–Kier alpha value is -0.860. The molecule has 2 unspecified atom stereocenters. The number of benzene rings is 1. The molecular weight excluding hydrogens is 208 g/mol. The molecule has 1 aromatic carbocycles. The van der Waals surface area contributed by atoms with Crippen molar-refractivity contribution >= 4 is 0 Å². The van der Waals surface area contributed by atoms with Crippen molar-refractivity contribution in [2.24, 2.45) is 0 Å². The molecule has 0 amide bonds. The first-order chi connectivity index (χ1) is 8.25. The Morgan fingerprint density at radius 1 is 1.00 bits per heavy atom. The topological polar surface area (TPSA) is 24.1 Å².